The van der Waals surface area contributed by atoms with Crippen molar-refractivity contribution in [3.05, 3.63) is 53.6 Å². The van der Waals surface area contributed by atoms with Gasteiger partial charge in [-0.2, -0.15) is 8.42 Å². The minimum absolute atomic E-state index is 0.0155. The van der Waals surface area contributed by atoms with E-state index in [1.807, 2.05) is 31.2 Å². The van der Waals surface area contributed by atoms with Gasteiger partial charge in [0.05, 0.1) is 0 Å². The number of benzene rings is 2. The van der Waals surface area contributed by atoms with E-state index in [1.165, 1.54) is 11.6 Å². The van der Waals surface area contributed by atoms with Crippen molar-refractivity contribution in [2.75, 3.05) is 0 Å². The third kappa shape index (κ3) is 4.39. The molecule has 3 nitrogen and oxygen atoms in total. The molecule has 118 valence electrons. The first-order chi connectivity index (χ1) is 10.4. The Morgan fingerprint density at radius 2 is 1.82 bits per heavy atom. The second kappa shape index (κ2) is 7.36. The molecule has 5 heteroatoms. The molecule has 0 saturated heterocycles. The predicted octanol–water partition coefficient (Wildman–Crippen LogP) is 3.21. The molecular weight excluding hydrogens is 315 g/mol. The van der Waals surface area contributed by atoms with Gasteiger partial charge in [-0.3, -0.25) is 4.55 Å². The zero-order valence-corrected chi connectivity index (χ0v) is 14.7. The Bertz CT molecular complexity index is 754. The summed E-state index contributed by atoms with van der Waals surface area (Å²) in [5.74, 6) is 0. The van der Waals surface area contributed by atoms with Crippen LogP contribution in [0.2, 0.25) is 0 Å². The van der Waals surface area contributed by atoms with Crippen molar-refractivity contribution in [3.8, 4) is 0 Å². The van der Waals surface area contributed by atoms with E-state index in [-0.39, 0.29) is 13.5 Å². The van der Waals surface area contributed by atoms with Crippen molar-refractivity contribution < 1.29 is 13.0 Å². The fraction of sp³-hybridized carbons (Fsp3) is 0.294. The van der Waals surface area contributed by atoms with Crippen molar-refractivity contribution in [2.24, 2.45) is 0 Å². The summed E-state index contributed by atoms with van der Waals surface area (Å²) >= 11 is 0. The van der Waals surface area contributed by atoms with Crippen LogP contribution >= 0.6 is 8.58 Å². The van der Waals surface area contributed by atoms with Crippen molar-refractivity contribution in [1.82, 2.24) is 0 Å². The third-order valence-corrected chi connectivity index (χ3v) is 6.03. The van der Waals surface area contributed by atoms with E-state index in [2.05, 4.69) is 13.0 Å². The average molecular weight is 336 g/mol. The van der Waals surface area contributed by atoms with Crippen LogP contribution < -0.4 is 10.6 Å². The number of hydrogen-bond acceptors (Lipinski definition) is 2. The van der Waals surface area contributed by atoms with Gasteiger partial charge in [0.15, 0.2) is 0 Å². The topological polar surface area (TPSA) is 54.4 Å². The maximum atomic E-state index is 11.6. The van der Waals surface area contributed by atoms with E-state index >= 15 is 0 Å². The zero-order chi connectivity index (χ0) is 16.2. The highest BCUT2D eigenvalue weighted by Gasteiger charge is 2.16. The van der Waals surface area contributed by atoms with Crippen molar-refractivity contribution in [3.63, 3.8) is 0 Å². The maximum Gasteiger partial charge on any atom is 0.295 e. The van der Waals surface area contributed by atoms with Crippen LogP contribution in [0.15, 0.2) is 47.4 Å². The van der Waals surface area contributed by atoms with Gasteiger partial charge >= 0.3 is 0 Å². The first kappa shape index (κ1) is 17.1. The van der Waals surface area contributed by atoms with Gasteiger partial charge in [0.1, 0.15) is 4.90 Å². The quantitative estimate of drug-likeness (QED) is 0.651. The normalized spacial score (nSPS) is 12.1. The molecular formula is C17H21O3PS. The smallest absolute Gasteiger partial charge is 0.282 e. The van der Waals surface area contributed by atoms with Crippen molar-refractivity contribution in [2.45, 2.75) is 38.0 Å². The van der Waals surface area contributed by atoms with Crippen LogP contribution in [0.4, 0.5) is 0 Å². The molecule has 1 N–H and O–H groups in total. The van der Waals surface area contributed by atoms with Crippen molar-refractivity contribution in [1.29, 1.82) is 0 Å². The first-order valence-electron chi connectivity index (χ1n) is 7.35. The van der Waals surface area contributed by atoms with Crippen LogP contribution in [0.3, 0.4) is 0 Å². The van der Waals surface area contributed by atoms with E-state index in [0.29, 0.717) is 5.30 Å². The molecule has 2 aromatic rings. The van der Waals surface area contributed by atoms with Crippen LogP contribution in [-0.4, -0.2) is 13.0 Å². The molecule has 0 amide bonds. The Morgan fingerprint density at radius 1 is 1.09 bits per heavy atom. The van der Waals surface area contributed by atoms with Crippen LogP contribution in [0.1, 0.15) is 30.9 Å². The summed E-state index contributed by atoms with van der Waals surface area (Å²) in [5, 5.41) is 1.82. The Labute approximate surface area is 134 Å². The van der Waals surface area contributed by atoms with Gasteiger partial charge in [0.2, 0.25) is 0 Å². The average Bonchev–Trinajstić information content (AvgIpc) is 2.45. The summed E-state index contributed by atoms with van der Waals surface area (Å²) < 4.78 is 32.6. The second-order valence-electron chi connectivity index (χ2n) is 5.36. The van der Waals surface area contributed by atoms with Crippen LogP contribution in [-0.2, 0) is 16.5 Å². The van der Waals surface area contributed by atoms with Gasteiger partial charge in [-0.1, -0.05) is 63.9 Å². The molecule has 1 atom stereocenters. The van der Waals surface area contributed by atoms with E-state index in [1.54, 1.807) is 6.07 Å². The number of rotatable bonds is 6. The van der Waals surface area contributed by atoms with Gasteiger partial charge in [-0.25, -0.2) is 0 Å². The summed E-state index contributed by atoms with van der Waals surface area (Å²) in [6, 6.07) is 13.2. The lowest BCUT2D eigenvalue weighted by Gasteiger charge is -2.12. The Morgan fingerprint density at radius 3 is 2.50 bits per heavy atom. The molecule has 0 fully saturated rings. The van der Waals surface area contributed by atoms with Gasteiger partial charge in [-0.15, -0.1) is 0 Å². The highest BCUT2D eigenvalue weighted by molar-refractivity contribution is 7.86. The number of aryl methyl sites for hydroxylation is 2. The SMILES string of the molecule is CCCCc1ccccc1Pc1cc(C)ccc1S(=O)(=O)O. The molecule has 0 spiro atoms. The lowest BCUT2D eigenvalue weighted by Crippen LogP contribution is -2.16. The van der Waals surface area contributed by atoms with Gasteiger partial charge < -0.3 is 0 Å². The summed E-state index contributed by atoms with van der Waals surface area (Å²) in [6.07, 6.45) is 3.23. The Kier molecular flexibility index (Phi) is 5.74. The highest BCUT2D eigenvalue weighted by Crippen LogP contribution is 2.21. The minimum Gasteiger partial charge on any atom is -0.282 e. The zero-order valence-electron chi connectivity index (χ0n) is 12.8. The molecule has 2 aromatic carbocycles. The van der Waals surface area contributed by atoms with Gasteiger partial charge in [-0.05, 0) is 42.0 Å². The molecule has 22 heavy (non-hydrogen) atoms. The lowest BCUT2D eigenvalue weighted by atomic mass is 10.1. The summed E-state index contributed by atoms with van der Waals surface area (Å²) in [7, 11) is -3.98. The van der Waals surface area contributed by atoms with E-state index in [9.17, 15) is 13.0 Å². The van der Waals surface area contributed by atoms with Crippen LogP contribution in [0, 0.1) is 6.92 Å². The maximum absolute atomic E-state index is 11.6. The molecule has 2 rings (SSSR count). The third-order valence-electron chi connectivity index (χ3n) is 3.50. The second-order valence-corrected chi connectivity index (χ2v) is 8.08. The Balaban J connectivity index is 2.41. The first-order valence-corrected chi connectivity index (χ1v) is 9.79. The molecule has 0 aromatic heterocycles. The fourth-order valence-corrected chi connectivity index (χ4v) is 4.80. The van der Waals surface area contributed by atoms with E-state index in [4.69, 9.17) is 0 Å². The van der Waals surface area contributed by atoms with Crippen molar-refractivity contribution >= 4 is 29.3 Å². The summed E-state index contributed by atoms with van der Waals surface area (Å²) in [6.45, 7) is 4.08. The number of hydrogen-bond donors (Lipinski definition) is 1. The molecule has 0 radical (unpaired) electrons. The number of unbranched alkanes of at least 4 members (excludes halogenated alkanes) is 1. The summed E-state index contributed by atoms with van der Waals surface area (Å²) in [4.78, 5) is 0.0155. The van der Waals surface area contributed by atoms with E-state index in [0.717, 1.165) is 30.1 Å². The largest absolute Gasteiger partial charge is 0.295 e. The molecule has 0 aliphatic heterocycles. The van der Waals surface area contributed by atoms with E-state index < -0.39 is 10.1 Å². The summed E-state index contributed by atoms with van der Waals surface area (Å²) in [5.41, 5.74) is 2.24. The Hall–Kier alpha value is -1.22. The predicted molar refractivity (Wildman–Crippen MR) is 93.6 cm³/mol. The molecule has 0 heterocycles. The minimum atomic E-state index is -4.19. The molecule has 0 aliphatic rings. The fourth-order valence-electron chi connectivity index (χ4n) is 2.34. The molecule has 0 saturated carbocycles. The van der Waals surface area contributed by atoms with Gasteiger partial charge in [0.25, 0.3) is 10.1 Å². The molecule has 0 aliphatic carbocycles. The monoisotopic (exact) mass is 336 g/mol. The standard InChI is InChI=1S/C17H21O3PS/c1-3-4-7-14-8-5-6-9-15(14)21-16-12-13(2)10-11-17(16)22(18,19)20/h5-6,8-12,21H,3-4,7H2,1-2H3,(H,18,19,20). The lowest BCUT2D eigenvalue weighted by molar-refractivity contribution is 0.484. The molecule has 1 unspecified atom stereocenters. The molecule has 0 bridgehead atoms. The van der Waals surface area contributed by atoms with Crippen LogP contribution in [0.25, 0.3) is 0 Å². The highest BCUT2D eigenvalue weighted by atomic mass is 32.2. The van der Waals surface area contributed by atoms with Crippen LogP contribution in [0.5, 0.6) is 0 Å². The van der Waals surface area contributed by atoms with Gasteiger partial charge in [0, 0.05) is 0 Å².